The van der Waals surface area contributed by atoms with Crippen LogP contribution < -0.4 is 15.0 Å². The first kappa shape index (κ1) is 19.4. The van der Waals surface area contributed by atoms with Gasteiger partial charge in [0.15, 0.2) is 6.54 Å². The van der Waals surface area contributed by atoms with Gasteiger partial charge in [0.25, 0.3) is 5.91 Å². The largest absolute Gasteiger partial charge is 0.497 e. The molecule has 3 aromatic carbocycles. The van der Waals surface area contributed by atoms with Crippen molar-refractivity contribution in [3.8, 4) is 11.8 Å². The number of methoxy groups -OCH3 is 1. The summed E-state index contributed by atoms with van der Waals surface area (Å²) in [6.07, 6.45) is 0.375. The number of hydrogen-bond donors (Lipinski definition) is 2. The molecule has 0 saturated heterocycles. The molecule has 0 radical (unpaired) electrons. The van der Waals surface area contributed by atoms with E-state index in [1.807, 2.05) is 43.4 Å². The van der Waals surface area contributed by atoms with Crippen LogP contribution in [0.2, 0.25) is 0 Å². The normalized spacial score (nSPS) is 11.6. The van der Waals surface area contributed by atoms with Crippen molar-refractivity contribution in [1.82, 2.24) is 0 Å². The van der Waals surface area contributed by atoms with Gasteiger partial charge in [-0.15, -0.1) is 0 Å². The third-order valence-electron chi connectivity index (χ3n) is 4.60. The van der Waals surface area contributed by atoms with Gasteiger partial charge in [-0.3, -0.25) is 4.79 Å². The van der Waals surface area contributed by atoms with Gasteiger partial charge in [-0.2, -0.15) is 5.26 Å². The van der Waals surface area contributed by atoms with Crippen LogP contribution in [0, 0.1) is 11.3 Å². The summed E-state index contributed by atoms with van der Waals surface area (Å²) in [6, 6.07) is 21.9. The van der Waals surface area contributed by atoms with Crippen LogP contribution in [-0.2, 0) is 17.8 Å². The number of anilines is 1. The molecule has 0 aromatic heterocycles. The third kappa shape index (κ3) is 5.09. The number of carbonyl (C=O) groups excluding carboxylic acids is 1. The van der Waals surface area contributed by atoms with Gasteiger partial charge in [-0.25, -0.2) is 0 Å². The van der Waals surface area contributed by atoms with Crippen molar-refractivity contribution in [2.45, 2.75) is 13.0 Å². The zero-order chi connectivity index (χ0) is 19.9. The fourth-order valence-corrected chi connectivity index (χ4v) is 3.20. The number of fused-ring (bicyclic) bond motifs is 1. The number of rotatable bonds is 7. The fraction of sp³-hybridized carbons (Fsp3) is 0.217. The Hall–Kier alpha value is -3.36. The first-order chi connectivity index (χ1) is 13.6. The first-order valence-corrected chi connectivity index (χ1v) is 9.21. The van der Waals surface area contributed by atoms with E-state index in [1.165, 1.54) is 5.56 Å². The Morgan fingerprint density at radius 2 is 1.71 bits per heavy atom. The molecule has 3 aromatic rings. The van der Waals surface area contributed by atoms with Crippen LogP contribution in [0.3, 0.4) is 0 Å². The molecule has 1 unspecified atom stereocenters. The molecule has 142 valence electrons. The van der Waals surface area contributed by atoms with E-state index in [-0.39, 0.29) is 5.91 Å². The van der Waals surface area contributed by atoms with Crippen molar-refractivity contribution in [3.63, 3.8) is 0 Å². The van der Waals surface area contributed by atoms with E-state index < -0.39 is 0 Å². The van der Waals surface area contributed by atoms with Crippen molar-refractivity contribution < 1.29 is 14.4 Å². The predicted octanol–water partition coefficient (Wildman–Crippen LogP) is 2.57. The minimum absolute atomic E-state index is 0.0314. The molecular weight excluding hydrogens is 350 g/mol. The van der Waals surface area contributed by atoms with Gasteiger partial charge in [0.05, 0.1) is 26.6 Å². The molecule has 1 amide bonds. The number of hydrogen-bond acceptors (Lipinski definition) is 3. The second-order valence-electron chi connectivity index (χ2n) is 6.94. The molecule has 0 aliphatic rings. The van der Waals surface area contributed by atoms with E-state index in [1.54, 1.807) is 7.11 Å². The van der Waals surface area contributed by atoms with Gasteiger partial charge < -0.3 is 15.0 Å². The van der Waals surface area contributed by atoms with Gasteiger partial charge >= 0.3 is 0 Å². The molecule has 0 aliphatic carbocycles. The molecule has 0 heterocycles. The average molecular weight is 374 g/mol. The molecule has 0 spiro atoms. The van der Waals surface area contributed by atoms with Gasteiger partial charge in [-0.05, 0) is 46.7 Å². The molecule has 28 heavy (non-hydrogen) atoms. The summed E-state index contributed by atoms with van der Waals surface area (Å²) in [4.78, 5) is 13.4. The lowest BCUT2D eigenvalue weighted by Crippen LogP contribution is -3.08. The van der Waals surface area contributed by atoms with Crippen LogP contribution >= 0.6 is 0 Å². The Morgan fingerprint density at radius 1 is 1.04 bits per heavy atom. The van der Waals surface area contributed by atoms with Crippen molar-refractivity contribution in [3.05, 3.63) is 71.8 Å². The Bertz CT molecular complexity index is 1010. The molecule has 0 aliphatic heterocycles. The number of nitrogens with one attached hydrogen (secondary N) is 2. The second-order valence-corrected chi connectivity index (χ2v) is 6.94. The zero-order valence-corrected chi connectivity index (χ0v) is 16.2. The number of likely N-dealkylation sites (N-methyl/N-ethyl adjacent to an activating group) is 1. The van der Waals surface area contributed by atoms with Gasteiger partial charge in [0.1, 0.15) is 12.3 Å². The molecule has 2 N–H and O–H groups in total. The molecule has 3 rings (SSSR count). The van der Waals surface area contributed by atoms with Crippen LogP contribution in [0.15, 0.2) is 60.7 Å². The highest BCUT2D eigenvalue weighted by molar-refractivity contribution is 5.91. The lowest BCUT2D eigenvalue weighted by Gasteiger charge is -2.14. The maximum Gasteiger partial charge on any atom is 0.279 e. The maximum absolute atomic E-state index is 12.3. The Morgan fingerprint density at radius 3 is 2.43 bits per heavy atom. The summed E-state index contributed by atoms with van der Waals surface area (Å²) in [7, 11) is 3.67. The number of benzene rings is 3. The molecule has 0 bridgehead atoms. The van der Waals surface area contributed by atoms with E-state index in [9.17, 15) is 4.79 Å². The fourth-order valence-electron chi connectivity index (χ4n) is 3.20. The summed E-state index contributed by atoms with van der Waals surface area (Å²) >= 11 is 0. The molecule has 5 nitrogen and oxygen atoms in total. The van der Waals surface area contributed by atoms with Crippen LogP contribution in [0.25, 0.3) is 10.8 Å². The van der Waals surface area contributed by atoms with Crippen molar-refractivity contribution >= 4 is 22.4 Å². The highest BCUT2D eigenvalue weighted by Crippen LogP contribution is 2.21. The summed E-state index contributed by atoms with van der Waals surface area (Å²) in [5.41, 5.74) is 2.88. The van der Waals surface area contributed by atoms with E-state index in [0.717, 1.165) is 39.2 Å². The molecule has 0 saturated carbocycles. The predicted molar refractivity (Wildman–Crippen MR) is 110 cm³/mol. The maximum atomic E-state index is 12.3. The Kier molecular flexibility index (Phi) is 6.25. The average Bonchev–Trinajstić information content (AvgIpc) is 2.69. The molecule has 0 fully saturated rings. The lowest BCUT2D eigenvalue weighted by atomic mass is 10.1. The molecular formula is C23H24N3O2+. The summed E-state index contributed by atoms with van der Waals surface area (Å²) in [5.74, 6) is 0.816. The molecule has 5 heteroatoms. The number of carbonyl (C=O) groups is 1. The zero-order valence-electron chi connectivity index (χ0n) is 16.2. The van der Waals surface area contributed by atoms with Crippen molar-refractivity contribution in [2.75, 3.05) is 26.0 Å². The first-order valence-electron chi connectivity index (χ1n) is 9.21. The highest BCUT2D eigenvalue weighted by atomic mass is 16.5. The van der Waals surface area contributed by atoms with Crippen molar-refractivity contribution in [1.29, 1.82) is 5.26 Å². The minimum atomic E-state index is -0.0314. The quantitative estimate of drug-likeness (QED) is 0.668. The second kappa shape index (κ2) is 9.03. The van der Waals surface area contributed by atoms with Crippen LogP contribution in [0.1, 0.15) is 11.1 Å². The van der Waals surface area contributed by atoms with Gasteiger partial charge in [0.2, 0.25) is 0 Å². The van der Waals surface area contributed by atoms with Crippen LogP contribution in [0.5, 0.6) is 5.75 Å². The minimum Gasteiger partial charge on any atom is -0.497 e. The number of quaternary nitrogens is 1. The van der Waals surface area contributed by atoms with E-state index in [2.05, 4.69) is 35.7 Å². The van der Waals surface area contributed by atoms with Crippen LogP contribution in [-0.4, -0.2) is 26.6 Å². The number of ether oxygens (including phenoxy) is 1. The Balaban J connectivity index is 1.57. The standard InChI is InChI=1S/C23H23N3O2/c1-26(16-23(27)25-21-8-4-17(5-9-21)11-12-24)15-18-3-6-20-14-22(28-2)10-7-19(20)13-18/h3-10,13-14H,11,15-16H2,1-2H3,(H,25,27)/p+1. The SMILES string of the molecule is COc1ccc2cc(C[NH+](C)CC(=O)Nc3ccc(CC#N)cc3)ccc2c1. The smallest absolute Gasteiger partial charge is 0.279 e. The lowest BCUT2D eigenvalue weighted by molar-refractivity contribution is -0.885. The Labute approximate surface area is 165 Å². The van der Waals surface area contributed by atoms with E-state index >= 15 is 0 Å². The van der Waals surface area contributed by atoms with Gasteiger partial charge in [0, 0.05) is 11.3 Å². The highest BCUT2D eigenvalue weighted by Gasteiger charge is 2.11. The monoisotopic (exact) mass is 374 g/mol. The topological polar surface area (TPSA) is 66.6 Å². The van der Waals surface area contributed by atoms with Crippen molar-refractivity contribution in [2.24, 2.45) is 0 Å². The molecule has 1 atom stereocenters. The number of amides is 1. The summed E-state index contributed by atoms with van der Waals surface area (Å²) < 4.78 is 5.27. The summed E-state index contributed by atoms with van der Waals surface area (Å²) in [6.45, 7) is 1.14. The summed E-state index contributed by atoms with van der Waals surface area (Å²) in [5, 5.41) is 13.9. The van der Waals surface area contributed by atoms with Crippen LogP contribution in [0.4, 0.5) is 5.69 Å². The number of nitriles is 1. The van der Waals surface area contributed by atoms with Gasteiger partial charge in [-0.1, -0.05) is 30.3 Å². The third-order valence-corrected chi connectivity index (χ3v) is 4.60. The van der Waals surface area contributed by atoms with E-state index in [4.69, 9.17) is 10.00 Å². The number of nitrogens with zero attached hydrogens (tertiary/aromatic N) is 1. The van der Waals surface area contributed by atoms with E-state index in [0.29, 0.717) is 13.0 Å².